The molecule has 0 spiro atoms. The van der Waals surface area contributed by atoms with Gasteiger partial charge in [0.2, 0.25) is 15.9 Å². The first-order valence-electron chi connectivity index (χ1n) is 8.15. The Morgan fingerprint density at radius 1 is 1.35 bits per heavy atom. The average Bonchev–Trinajstić information content (AvgIpc) is 2.53. The summed E-state index contributed by atoms with van der Waals surface area (Å²) in [5, 5.41) is 3.03. The number of nitrogens with zero attached hydrogens (tertiary/aromatic N) is 1. The molecule has 0 radical (unpaired) electrons. The number of hydrogen-bond acceptors (Lipinski definition) is 3. The molecule has 23 heavy (non-hydrogen) atoms. The van der Waals surface area contributed by atoms with E-state index in [1.807, 2.05) is 25.1 Å². The number of aryl methyl sites for hydroxylation is 1. The van der Waals surface area contributed by atoms with Gasteiger partial charge in [-0.2, -0.15) is 0 Å². The molecule has 1 aliphatic rings. The lowest BCUT2D eigenvalue weighted by atomic mass is 9.98. The third kappa shape index (κ3) is 5.62. The Labute approximate surface area is 139 Å². The minimum absolute atomic E-state index is 0.0288. The highest BCUT2D eigenvalue weighted by molar-refractivity contribution is 7.88. The van der Waals surface area contributed by atoms with Gasteiger partial charge in [0.1, 0.15) is 0 Å². The van der Waals surface area contributed by atoms with Crippen molar-refractivity contribution in [2.24, 2.45) is 5.92 Å². The van der Waals surface area contributed by atoms with Crippen molar-refractivity contribution in [1.29, 1.82) is 0 Å². The second kappa shape index (κ2) is 7.93. The molecular formula is C17H26N2O3S. The highest BCUT2D eigenvalue weighted by atomic mass is 32.2. The van der Waals surface area contributed by atoms with Crippen LogP contribution in [0, 0.1) is 5.92 Å². The monoisotopic (exact) mass is 338 g/mol. The van der Waals surface area contributed by atoms with Gasteiger partial charge in [0, 0.05) is 19.1 Å². The number of carbonyl (C=O) groups is 1. The first-order chi connectivity index (χ1) is 10.9. The molecule has 2 atom stereocenters. The summed E-state index contributed by atoms with van der Waals surface area (Å²) >= 11 is 0. The van der Waals surface area contributed by atoms with Crippen LogP contribution in [0.2, 0.25) is 0 Å². The quantitative estimate of drug-likeness (QED) is 0.860. The number of hydrogen-bond donors (Lipinski definition) is 1. The molecule has 1 amide bonds. The number of amides is 1. The van der Waals surface area contributed by atoms with E-state index in [1.165, 1.54) is 16.1 Å². The van der Waals surface area contributed by atoms with E-state index in [-0.39, 0.29) is 17.9 Å². The van der Waals surface area contributed by atoms with Crippen molar-refractivity contribution in [2.75, 3.05) is 19.3 Å². The molecule has 2 rings (SSSR count). The maximum atomic E-state index is 12.4. The molecule has 0 saturated carbocycles. The maximum Gasteiger partial charge on any atom is 0.224 e. The Bertz CT molecular complexity index is 616. The van der Waals surface area contributed by atoms with E-state index in [2.05, 4.69) is 17.4 Å². The number of nitrogens with one attached hydrogen (secondary N) is 1. The molecule has 0 aliphatic carbocycles. The van der Waals surface area contributed by atoms with Gasteiger partial charge in [-0.1, -0.05) is 30.3 Å². The first kappa shape index (κ1) is 17.9. The fraction of sp³-hybridized carbons (Fsp3) is 0.588. The zero-order valence-corrected chi connectivity index (χ0v) is 14.7. The van der Waals surface area contributed by atoms with Crippen LogP contribution in [0.25, 0.3) is 0 Å². The van der Waals surface area contributed by atoms with Gasteiger partial charge in [-0.05, 0) is 38.2 Å². The van der Waals surface area contributed by atoms with E-state index in [1.54, 1.807) is 0 Å². The van der Waals surface area contributed by atoms with E-state index in [0.29, 0.717) is 13.1 Å². The zero-order valence-electron chi connectivity index (χ0n) is 13.9. The molecule has 1 aromatic rings. The van der Waals surface area contributed by atoms with E-state index in [0.717, 1.165) is 25.7 Å². The van der Waals surface area contributed by atoms with E-state index in [4.69, 9.17) is 0 Å². The fourth-order valence-electron chi connectivity index (χ4n) is 2.92. The van der Waals surface area contributed by atoms with Crippen molar-refractivity contribution < 1.29 is 13.2 Å². The van der Waals surface area contributed by atoms with Gasteiger partial charge in [0.15, 0.2) is 0 Å². The average molecular weight is 338 g/mol. The second-order valence-electron chi connectivity index (χ2n) is 6.39. The molecule has 6 heteroatoms. The van der Waals surface area contributed by atoms with Crippen LogP contribution in [-0.2, 0) is 21.2 Å². The van der Waals surface area contributed by atoms with Gasteiger partial charge in [0.25, 0.3) is 0 Å². The molecule has 1 fully saturated rings. The van der Waals surface area contributed by atoms with Gasteiger partial charge in [-0.25, -0.2) is 12.7 Å². The Balaban J connectivity index is 1.81. The number of rotatable bonds is 6. The summed E-state index contributed by atoms with van der Waals surface area (Å²) in [6.45, 7) is 2.82. The summed E-state index contributed by atoms with van der Waals surface area (Å²) in [5.41, 5.74) is 1.26. The number of sulfonamides is 1. The lowest BCUT2D eigenvalue weighted by Crippen LogP contribution is -2.46. The summed E-state index contributed by atoms with van der Waals surface area (Å²) in [6, 6.07) is 10.3. The second-order valence-corrected chi connectivity index (χ2v) is 8.38. The summed E-state index contributed by atoms with van der Waals surface area (Å²) < 4.78 is 24.7. The smallest absolute Gasteiger partial charge is 0.224 e. The Morgan fingerprint density at radius 2 is 2.04 bits per heavy atom. The van der Waals surface area contributed by atoms with Crippen molar-refractivity contribution in [2.45, 2.75) is 38.6 Å². The normalized spacial score (nSPS) is 20.9. The minimum atomic E-state index is -3.21. The van der Waals surface area contributed by atoms with Crippen LogP contribution in [0.5, 0.6) is 0 Å². The molecule has 1 saturated heterocycles. The van der Waals surface area contributed by atoms with Crippen LogP contribution in [-0.4, -0.2) is 44.0 Å². The molecule has 1 aliphatic heterocycles. The van der Waals surface area contributed by atoms with Gasteiger partial charge in [-0.3, -0.25) is 4.79 Å². The van der Waals surface area contributed by atoms with Crippen LogP contribution in [0.1, 0.15) is 31.7 Å². The minimum Gasteiger partial charge on any atom is -0.353 e. The highest BCUT2D eigenvalue weighted by Gasteiger charge is 2.30. The van der Waals surface area contributed by atoms with Crippen LogP contribution < -0.4 is 5.32 Å². The number of benzene rings is 1. The first-order valence-corrected chi connectivity index (χ1v) is 10.0. The van der Waals surface area contributed by atoms with E-state index in [9.17, 15) is 13.2 Å². The Kier molecular flexibility index (Phi) is 6.18. The summed E-state index contributed by atoms with van der Waals surface area (Å²) in [6.07, 6.45) is 4.49. The SMILES string of the molecule is C[C@H](CCc1ccccc1)NC(=O)[C@@H]1CCCN(S(C)(=O)=O)C1. The third-order valence-electron chi connectivity index (χ3n) is 4.32. The van der Waals surface area contributed by atoms with Crippen molar-refractivity contribution in [3.63, 3.8) is 0 Å². The van der Waals surface area contributed by atoms with Gasteiger partial charge >= 0.3 is 0 Å². The third-order valence-corrected chi connectivity index (χ3v) is 5.59. The number of carbonyl (C=O) groups excluding carboxylic acids is 1. The Morgan fingerprint density at radius 3 is 2.70 bits per heavy atom. The predicted molar refractivity (Wildman–Crippen MR) is 91.5 cm³/mol. The molecule has 1 aromatic carbocycles. The van der Waals surface area contributed by atoms with Crippen LogP contribution in [0.15, 0.2) is 30.3 Å². The molecule has 0 aromatic heterocycles. The van der Waals surface area contributed by atoms with E-state index >= 15 is 0 Å². The fourth-order valence-corrected chi connectivity index (χ4v) is 3.83. The highest BCUT2D eigenvalue weighted by Crippen LogP contribution is 2.19. The Hall–Kier alpha value is -1.40. The summed E-state index contributed by atoms with van der Waals surface area (Å²) in [5.74, 6) is -0.267. The van der Waals surface area contributed by atoms with Gasteiger partial charge in [-0.15, -0.1) is 0 Å². The van der Waals surface area contributed by atoms with Crippen molar-refractivity contribution in [1.82, 2.24) is 9.62 Å². The topological polar surface area (TPSA) is 66.5 Å². The van der Waals surface area contributed by atoms with Crippen molar-refractivity contribution in [3.8, 4) is 0 Å². The molecule has 1 N–H and O–H groups in total. The van der Waals surface area contributed by atoms with Gasteiger partial charge < -0.3 is 5.32 Å². The molecule has 128 valence electrons. The largest absolute Gasteiger partial charge is 0.353 e. The van der Waals surface area contributed by atoms with Crippen molar-refractivity contribution in [3.05, 3.63) is 35.9 Å². The van der Waals surface area contributed by atoms with Gasteiger partial charge in [0.05, 0.1) is 12.2 Å². The van der Waals surface area contributed by atoms with E-state index < -0.39 is 10.0 Å². The lowest BCUT2D eigenvalue weighted by molar-refractivity contribution is -0.126. The standard InChI is InChI=1S/C17H26N2O3S/c1-14(10-11-15-7-4-3-5-8-15)18-17(20)16-9-6-12-19(13-16)23(2,21)22/h3-5,7-8,14,16H,6,9-13H2,1-2H3,(H,18,20)/t14-,16-/m1/s1. The van der Waals surface area contributed by atoms with Crippen LogP contribution in [0.4, 0.5) is 0 Å². The predicted octanol–water partition coefficient (Wildman–Crippen LogP) is 1.80. The number of piperidine rings is 1. The van der Waals surface area contributed by atoms with Crippen LogP contribution >= 0.6 is 0 Å². The zero-order chi connectivity index (χ0) is 16.9. The van der Waals surface area contributed by atoms with Crippen molar-refractivity contribution >= 4 is 15.9 Å². The molecule has 5 nitrogen and oxygen atoms in total. The lowest BCUT2D eigenvalue weighted by Gasteiger charge is -2.30. The molecule has 0 bridgehead atoms. The molecule has 0 unspecified atom stereocenters. The summed E-state index contributed by atoms with van der Waals surface area (Å²) in [4.78, 5) is 12.4. The van der Waals surface area contributed by atoms with Crippen LogP contribution in [0.3, 0.4) is 0 Å². The summed E-state index contributed by atoms with van der Waals surface area (Å²) in [7, 11) is -3.21. The molecule has 1 heterocycles. The maximum absolute atomic E-state index is 12.4. The molecular weight excluding hydrogens is 312 g/mol.